The van der Waals surface area contributed by atoms with Crippen molar-refractivity contribution in [3.8, 4) is 5.75 Å². The Morgan fingerprint density at radius 1 is 1.16 bits per heavy atom. The Morgan fingerprint density at radius 2 is 1.86 bits per heavy atom. The van der Waals surface area contributed by atoms with Gasteiger partial charge in [-0.05, 0) is 47.6 Å². The number of piperidine rings is 1. The van der Waals surface area contributed by atoms with Crippen LogP contribution in [0.5, 0.6) is 5.75 Å². The minimum atomic E-state index is -1.19. The number of nitrogens with zero attached hydrogens (tertiary/aromatic N) is 1. The normalized spacial score (nSPS) is 25.2. The van der Waals surface area contributed by atoms with Gasteiger partial charge in [-0.3, -0.25) is 19.2 Å². The zero-order chi connectivity index (χ0) is 31.9. The Labute approximate surface area is 249 Å². The molecule has 0 spiro atoms. The summed E-state index contributed by atoms with van der Waals surface area (Å²) in [6.07, 6.45) is -0.358. The Bertz CT molecular complexity index is 1300. The quantitative estimate of drug-likeness (QED) is 0.371. The smallest absolute Gasteiger partial charge is 0.407 e. The van der Waals surface area contributed by atoms with Crippen LogP contribution in [0.15, 0.2) is 18.2 Å². The lowest BCUT2D eigenvalue weighted by Gasteiger charge is -2.37. The van der Waals surface area contributed by atoms with Gasteiger partial charge in [0, 0.05) is 25.1 Å². The molecule has 0 unspecified atom stereocenters. The third-order valence-electron chi connectivity index (χ3n) is 8.97. The molecule has 43 heavy (non-hydrogen) atoms. The molecule has 13 heteroatoms. The maximum Gasteiger partial charge on any atom is 0.407 e. The van der Waals surface area contributed by atoms with Crippen molar-refractivity contribution in [2.24, 2.45) is 28.6 Å². The fourth-order valence-electron chi connectivity index (χ4n) is 6.32. The van der Waals surface area contributed by atoms with Gasteiger partial charge >= 0.3 is 6.09 Å². The van der Waals surface area contributed by atoms with Gasteiger partial charge in [-0.25, -0.2) is 13.6 Å². The minimum Gasteiger partial charge on any atom is -0.483 e. The van der Waals surface area contributed by atoms with Crippen molar-refractivity contribution < 1.29 is 42.2 Å². The van der Waals surface area contributed by atoms with Crippen molar-refractivity contribution in [2.75, 3.05) is 26.8 Å². The molecule has 0 aromatic heterocycles. The van der Waals surface area contributed by atoms with E-state index in [1.165, 1.54) is 12.0 Å². The minimum absolute atomic E-state index is 0.0278. The number of ketones is 1. The first kappa shape index (κ1) is 32.2. The van der Waals surface area contributed by atoms with Gasteiger partial charge in [-0.15, -0.1) is 0 Å². The highest BCUT2D eigenvalue weighted by atomic mass is 19.1. The van der Waals surface area contributed by atoms with Crippen molar-refractivity contribution >= 4 is 29.6 Å². The fourth-order valence-corrected chi connectivity index (χ4v) is 6.32. The molecule has 2 saturated heterocycles. The van der Waals surface area contributed by atoms with E-state index in [2.05, 4.69) is 16.0 Å². The third-order valence-corrected chi connectivity index (χ3v) is 8.97. The molecule has 6 atom stereocenters. The summed E-state index contributed by atoms with van der Waals surface area (Å²) < 4.78 is 37.7. The summed E-state index contributed by atoms with van der Waals surface area (Å²) in [7, 11) is 1.19. The van der Waals surface area contributed by atoms with Crippen LogP contribution in [0, 0.1) is 40.2 Å². The summed E-state index contributed by atoms with van der Waals surface area (Å²) in [5, 5.41) is 8.05. The van der Waals surface area contributed by atoms with Gasteiger partial charge in [0.25, 0.3) is 0 Å². The monoisotopic (exact) mass is 606 g/mol. The number of ether oxygens (including phenoxy) is 2. The van der Waals surface area contributed by atoms with Gasteiger partial charge in [-0.2, -0.15) is 0 Å². The van der Waals surface area contributed by atoms with E-state index in [9.17, 15) is 32.8 Å². The number of carbonyl (C=O) groups excluding carboxylic acids is 5. The molecule has 2 aliphatic heterocycles. The van der Waals surface area contributed by atoms with Gasteiger partial charge in [0.05, 0.1) is 13.2 Å². The van der Waals surface area contributed by atoms with Crippen molar-refractivity contribution in [2.45, 2.75) is 65.6 Å². The summed E-state index contributed by atoms with van der Waals surface area (Å²) in [6.45, 7) is 9.39. The molecular formula is C30H40F2N4O7. The van der Waals surface area contributed by atoms with E-state index in [1.807, 2.05) is 13.8 Å². The van der Waals surface area contributed by atoms with Crippen molar-refractivity contribution in [1.29, 1.82) is 0 Å². The summed E-state index contributed by atoms with van der Waals surface area (Å²) in [5.74, 6) is -4.72. The first-order valence-electron chi connectivity index (χ1n) is 14.4. The number of carbonyl (C=O) groups is 5. The number of Topliss-reactive ketones (excluding diaryl/α,β-unsaturated/α-hetero) is 1. The maximum atomic E-state index is 14.1. The van der Waals surface area contributed by atoms with Gasteiger partial charge < -0.3 is 30.3 Å². The standard InChI is InChI=1S/C30H40F2N4O7/c1-29(2,3)24(35-28(41)42-6)27(40)36-13-17-22(30(17,4)5)23(36)26(39)34-19(11-15-9-10-33-25(15)38)20(37)14-43-21-12-16(31)7-8-18(21)32/h7-8,12,15,17,19,22-24H,9-11,13-14H2,1-6H3,(H,33,38)(H,34,39)(H,35,41)/t15-,17-,19-,22-,23-,24+/m0/s1. The molecule has 4 rings (SSSR count). The SMILES string of the molecule is COC(=O)N[C@H](C(=O)N1C[C@H]2[C@@H]([C@H]1C(=O)N[C@@H](C[C@@H]1CCNC1=O)C(=O)COc1cc(F)ccc1F)C2(C)C)C(C)(C)C. The van der Waals surface area contributed by atoms with Gasteiger partial charge in [0.2, 0.25) is 17.7 Å². The van der Waals surface area contributed by atoms with Crippen LogP contribution >= 0.6 is 0 Å². The second-order valence-corrected chi connectivity index (χ2v) is 13.2. The molecule has 0 bridgehead atoms. The Balaban J connectivity index is 1.56. The van der Waals surface area contributed by atoms with E-state index in [0.717, 1.165) is 18.2 Å². The second kappa shape index (κ2) is 12.1. The van der Waals surface area contributed by atoms with Crippen LogP contribution in [0.4, 0.5) is 13.6 Å². The van der Waals surface area contributed by atoms with Gasteiger partial charge in [-0.1, -0.05) is 34.6 Å². The van der Waals surface area contributed by atoms with Crippen molar-refractivity contribution in [1.82, 2.24) is 20.9 Å². The largest absolute Gasteiger partial charge is 0.483 e. The number of methoxy groups -OCH3 is 1. The van der Waals surface area contributed by atoms with Crippen LogP contribution in [0.1, 0.15) is 47.5 Å². The number of alkyl carbamates (subject to hydrolysis) is 1. The lowest BCUT2D eigenvalue weighted by molar-refractivity contribution is -0.144. The molecule has 3 fully saturated rings. The fraction of sp³-hybridized carbons (Fsp3) is 0.633. The molecule has 1 saturated carbocycles. The number of likely N-dealkylation sites (tertiary alicyclic amines) is 1. The highest BCUT2D eigenvalue weighted by Crippen LogP contribution is 2.65. The van der Waals surface area contributed by atoms with E-state index in [4.69, 9.17) is 9.47 Å². The molecule has 1 aromatic carbocycles. The zero-order valence-corrected chi connectivity index (χ0v) is 25.3. The molecule has 236 valence electrons. The number of halogens is 2. The van der Waals surface area contributed by atoms with Crippen LogP contribution in [-0.2, 0) is 23.9 Å². The van der Waals surface area contributed by atoms with Gasteiger partial charge in [0.15, 0.2) is 17.3 Å². The molecular weight excluding hydrogens is 566 g/mol. The maximum absolute atomic E-state index is 14.1. The van der Waals surface area contributed by atoms with Crippen LogP contribution in [0.3, 0.4) is 0 Å². The molecule has 0 radical (unpaired) electrons. The Morgan fingerprint density at radius 3 is 2.47 bits per heavy atom. The lowest BCUT2D eigenvalue weighted by atomic mass is 9.85. The highest BCUT2D eigenvalue weighted by molar-refractivity contribution is 5.96. The molecule has 1 aromatic rings. The van der Waals surface area contributed by atoms with Crippen LogP contribution < -0.4 is 20.7 Å². The average molecular weight is 607 g/mol. The highest BCUT2D eigenvalue weighted by Gasteiger charge is 2.70. The predicted octanol–water partition coefficient (Wildman–Crippen LogP) is 2.18. The lowest BCUT2D eigenvalue weighted by Crippen LogP contribution is -2.60. The van der Waals surface area contributed by atoms with E-state index in [-0.39, 0.29) is 36.1 Å². The molecule has 4 amide bonds. The third kappa shape index (κ3) is 6.75. The average Bonchev–Trinajstić information content (AvgIpc) is 3.27. The van der Waals surface area contributed by atoms with Crippen molar-refractivity contribution in [3.05, 3.63) is 29.8 Å². The first-order valence-corrected chi connectivity index (χ1v) is 14.4. The predicted molar refractivity (Wildman–Crippen MR) is 150 cm³/mol. The van der Waals surface area contributed by atoms with E-state index < -0.39 is 77.1 Å². The zero-order valence-electron chi connectivity index (χ0n) is 25.3. The number of benzene rings is 1. The second-order valence-electron chi connectivity index (χ2n) is 13.2. The number of hydrogen-bond donors (Lipinski definition) is 3. The van der Waals surface area contributed by atoms with Crippen molar-refractivity contribution in [3.63, 3.8) is 0 Å². The topological polar surface area (TPSA) is 143 Å². The van der Waals surface area contributed by atoms with E-state index >= 15 is 0 Å². The van der Waals surface area contributed by atoms with Crippen LogP contribution in [0.25, 0.3) is 0 Å². The molecule has 11 nitrogen and oxygen atoms in total. The first-order chi connectivity index (χ1) is 20.1. The summed E-state index contributed by atoms with van der Waals surface area (Å²) >= 11 is 0. The molecule has 3 aliphatic rings. The van der Waals surface area contributed by atoms with Gasteiger partial charge in [0.1, 0.15) is 24.5 Å². The number of nitrogens with one attached hydrogen (secondary N) is 3. The molecule has 3 N–H and O–H groups in total. The molecule has 1 aliphatic carbocycles. The summed E-state index contributed by atoms with van der Waals surface area (Å²) in [5.41, 5.74) is -0.957. The number of amides is 4. The summed E-state index contributed by atoms with van der Waals surface area (Å²) in [6, 6.07) is -0.529. The van der Waals surface area contributed by atoms with Crippen LogP contribution in [0.2, 0.25) is 0 Å². The van der Waals surface area contributed by atoms with Crippen LogP contribution in [-0.4, -0.2) is 79.4 Å². The number of rotatable bonds is 10. The van der Waals surface area contributed by atoms with E-state index in [0.29, 0.717) is 13.0 Å². The molecule has 2 heterocycles. The number of hydrogen-bond acceptors (Lipinski definition) is 7. The summed E-state index contributed by atoms with van der Waals surface area (Å²) in [4.78, 5) is 67.1. The van der Waals surface area contributed by atoms with E-state index in [1.54, 1.807) is 20.8 Å². The Kier molecular flexibility index (Phi) is 9.03. The number of fused-ring (bicyclic) bond motifs is 1. The Hall–Kier alpha value is -3.77.